The zero-order valence-electron chi connectivity index (χ0n) is 10.2. The summed E-state index contributed by atoms with van der Waals surface area (Å²) in [6.45, 7) is -0.633. The van der Waals surface area contributed by atoms with Crippen LogP contribution in [-0.4, -0.2) is 51.4 Å². The van der Waals surface area contributed by atoms with Gasteiger partial charge >= 0.3 is 103 Å². The summed E-state index contributed by atoms with van der Waals surface area (Å²) < 4.78 is 14.2. The van der Waals surface area contributed by atoms with E-state index < -0.39 is 44.8 Å². The molecule has 0 radical (unpaired) electrons. The van der Waals surface area contributed by atoms with Crippen molar-refractivity contribution in [2.75, 3.05) is 6.61 Å². The molecule has 1 rings (SSSR count). The van der Waals surface area contributed by atoms with Crippen molar-refractivity contribution in [3.8, 4) is 0 Å². The van der Waals surface area contributed by atoms with Crippen molar-refractivity contribution in [1.82, 2.24) is 0 Å². The Morgan fingerprint density at radius 3 is 2.00 bits per heavy atom. The van der Waals surface area contributed by atoms with Crippen molar-refractivity contribution in [3.63, 3.8) is 0 Å². The second kappa shape index (κ2) is 10.1. The van der Waals surface area contributed by atoms with Crippen LogP contribution in [0.4, 0.5) is 0 Å². The summed E-state index contributed by atoms with van der Waals surface area (Å²) in [6.07, 6.45) is -6.03. The molecule has 96 valence electrons. The summed E-state index contributed by atoms with van der Waals surface area (Å²) in [5.41, 5.74) is 0. The van der Waals surface area contributed by atoms with Gasteiger partial charge < -0.3 is 39.3 Å². The Bertz CT molecular complexity index is 287. The summed E-state index contributed by atoms with van der Waals surface area (Å²) in [6, 6.07) is 0. The maximum Gasteiger partial charge on any atom is 1.00 e. The Balaban J connectivity index is 0. The minimum atomic E-state index is -5.15. The van der Waals surface area contributed by atoms with Gasteiger partial charge in [-0.25, -0.2) is 0 Å². The number of phosphoric ester groups is 1. The van der Waals surface area contributed by atoms with Gasteiger partial charge in [0.2, 0.25) is 0 Å². The van der Waals surface area contributed by atoms with E-state index in [1.54, 1.807) is 0 Å². The van der Waals surface area contributed by atoms with Gasteiger partial charge in [-0.3, -0.25) is 0 Å². The van der Waals surface area contributed by atoms with Gasteiger partial charge in [0.1, 0.15) is 12.2 Å². The Labute approximate surface area is 189 Å². The van der Waals surface area contributed by atoms with Crippen molar-refractivity contribution in [2.45, 2.75) is 30.8 Å². The van der Waals surface area contributed by atoms with Crippen molar-refractivity contribution in [3.05, 3.63) is 0 Å². The number of rotatable bonds is 3. The van der Waals surface area contributed by atoms with E-state index in [4.69, 9.17) is 0 Å². The summed E-state index contributed by atoms with van der Waals surface area (Å²) in [5, 5.41) is 37.2. The first-order valence-corrected chi connectivity index (χ1v) is 6.07. The number of phosphoric acid groups is 1. The molecule has 1 fully saturated rings. The van der Waals surface area contributed by atoms with E-state index in [1.807, 2.05) is 0 Å². The molecule has 0 bridgehead atoms. The molecule has 1 saturated carbocycles. The fraction of sp³-hybridized carbons (Fsp3) is 1.00. The van der Waals surface area contributed by atoms with E-state index >= 15 is 0 Å². The SMILES string of the molecule is O=P([O-])([O-])OC[C@H]1C[C@@H](O)[C@H](O)[C@@H](O)[C@@H]1O.[K+].[K+]. The van der Waals surface area contributed by atoms with Crippen LogP contribution in [0.25, 0.3) is 0 Å². The van der Waals surface area contributed by atoms with Crippen LogP contribution < -0.4 is 113 Å². The average Bonchev–Trinajstić information content (AvgIpc) is 2.17. The van der Waals surface area contributed by atoms with E-state index in [9.17, 15) is 34.8 Å². The molecule has 0 amide bonds. The quantitative estimate of drug-likeness (QED) is 0.293. The second-order valence-electron chi connectivity index (χ2n) is 3.78. The van der Waals surface area contributed by atoms with Crippen LogP contribution in [0.5, 0.6) is 0 Å². The van der Waals surface area contributed by atoms with Crippen molar-refractivity contribution >= 4 is 7.82 Å². The summed E-state index contributed by atoms with van der Waals surface area (Å²) in [7, 11) is -5.15. The van der Waals surface area contributed by atoms with Crippen LogP contribution in [0.1, 0.15) is 6.42 Å². The molecule has 4 N–H and O–H groups in total. The monoisotopic (exact) mass is 334 g/mol. The molecule has 0 aromatic rings. The Morgan fingerprint density at radius 2 is 1.56 bits per heavy atom. The molecule has 5 atom stereocenters. The molecule has 0 unspecified atom stereocenters. The fourth-order valence-corrected chi connectivity index (χ4v) is 2.03. The molecule has 0 saturated heterocycles. The molecule has 0 spiro atoms. The summed E-state index contributed by atoms with van der Waals surface area (Å²) >= 11 is 0. The molecule has 18 heavy (non-hydrogen) atoms. The molecule has 1 aliphatic rings. The van der Waals surface area contributed by atoms with E-state index in [-0.39, 0.29) is 109 Å². The summed E-state index contributed by atoms with van der Waals surface area (Å²) in [4.78, 5) is 20.4. The minimum Gasteiger partial charge on any atom is -0.790 e. The Hall–Kier alpha value is 3.22. The molecule has 0 aliphatic heterocycles. The molecular weight excluding hydrogens is 321 g/mol. The molecule has 1 aliphatic carbocycles. The third-order valence-electron chi connectivity index (χ3n) is 2.57. The van der Waals surface area contributed by atoms with Crippen molar-refractivity contribution < 1.29 is 142 Å². The van der Waals surface area contributed by atoms with Crippen LogP contribution in [0.3, 0.4) is 0 Å². The number of aliphatic hydroxyl groups is 4. The van der Waals surface area contributed by atoms with E-state index in [2.05, 4.69) is 4.52 Å². The van der Waals surface area contributed by atoms with Crippen LogP contribution in [-0.2, 0) is 9.09 Å². The largest absolute Gasteiger partial charge is 1.00 e. The van der Waals surface area contributed by atoms with E-state index in [0.29, 0.717) is 0 Å². The molecule has 0 aromatic heterocycles. The first kappa shape index (κ1) is 23.5. The maximum atomic E-state index is 10.2. The third kappa shape index (κ3) is 7.47. The maximum absolute atomic E-state index is 10.2. The van der Waals surface area contributed by atoms with Gasteiger partial charge in [-0.2, -0.15) is 0 Å². The number of hydrogen-bond donors (Lipinski definition) is 4. The Kier molecular flexibility index (Phi) is 13.2. The second-order valence-corrected chi connectivity index (χ2v) is 4.93. The zero-order valence-corrected chi connectivity index (χ0v) is 17.3. The molecule has 8 nitrogen and oxygen atoms in total. The predicted octanol–water partition coefficient (Wildman–Crippen LogP) is -9.70. The molecule has 11 heteroatoms. The number of aliphatic hydroxyl groups excluding tert-OH is 4. The van der Waals surface area contributed by atoms with Gasteiger partial charge in [0.25, 0.3) is 0 Å². The van der Waals surface area contributed by atoms with Gasteiger partial charge in [-0.15, -0.1) is 0 Å². The standard InChI is InChI=1S/C7H15O8P.2K/c8-4-1-3(2-15-16(12,13)14)5(9)7(11)6(4)10;;/h3-11H,1-2H2,(H2,12,13,14);;/q;2*+1/p-2/t3-,4-,5-,6+,7+;;/m1../s1. The average molecular weight is 334 g/mol. The van der Waals surface area contributed by atoms with Gasteiger partial charge in [-0.05, 0) is 6.42 Å². The molecule has 0 aromatic carbocycles. The minimum absolute atomic E-state index is 0. The first-order chi connectivity index (χ1) is 7.22. The van der Waals surface area contributed by atoms with Crippen LogP contribution >= 0.6 is 7.82 Å². The van der Waals surface area contributed by atoms with Crippen molar-refractivity contribution in [2.24, 2.45) is 5.92 Å². The summed E-state index contributed by atoms with van der Waals surface area (Å²) in [5.74, 6) is -0.926. The smallest absolute Gasteiger partial charge is 0.790 e. The van der Waals surface area contributed by atoms with Gasteiger partial charge in [0.15, 0.2) is 0 Å². The number of hydrogen-bond acceptors (Lipinski definition) is 8. The third-order valence-corrected chi connectivity index (χ3v) is 3.03. The van der Waals surface area contributed by atoms with Gasteiger partial charge in [0.05, 0.1) is 26.6 Å². The first-order valence-electron chi connectivity index (χ1n) is 4.61. The van der Waals surface area contributed by atoms with Crippen molar-refractivity contribution in [1.29, 1.82) is 0 Å². The Morgan fingerprint density at radius 1 is 1.06 bits per heavy atom. The van der Waals surface area contributed by atoms with Crippen LogP contribution in [0, 0.1) is 5.92 Å². The van der Waals surface area contributed by atoms with E-state index in [0.717, 1.165) is 0 Å². The predicted molar refractivity (Wildman–Crippen MR) is 45.7 cm³/mol. The zero-order chi connectivity index (χ0) is 12.5. The van der Waals surface area contributed by atoms with E-state index in [1.165, 1.54) is 0 Å². The normalized spacial score (nSPS) is 36.4. The fourth-order valence-electron chi connectivity index (χ4n) is 1.65. The molecule has 0 heterocycles. The topological polar surface area (TPSA) is 153 Å². The van der Waals surface area contributed by atoms with Crippen LogP contribution in [0.15, 0.2) is 0 Å². The van der Waals surface area contributed by atoms with Crippen LogP contribution in [0.2, 0.25) is 0 Å². The van der Waals surface area contributed by atoms with Gasteiger partial charge in [-0.1, -0.05) is 0 Å². The molecular formula is C7H13K2O8P. The van der Waals surface area contributed by atoms with Gasteiger partial charge in [0, 0.05) is 5.92 Å².